The van der Waals surface area contributed by atoms with E-state index in [2.05, 4.69) is 21.8 Å². The summed E-state index contributed by atoms with van der Waals surface area (Å²) in [7, 11) is 0. The molecule has 0 atom stereocenters. The minimum Gasteiger partial charge on any atom is -0.386 e. The predicted octanol–water partition coefficient (Wildman–Crippen LogP) is 0.610. The van der Waals surface area contributed by atoms with E-state index in [0.29, 0.717) is 13.1 Å². The van der Waals surface area contributed by atoms with Crippen LogP contribution in [-0.4, -0.2) is 33.8 Å². The highest BCUT2D eigenvalue weighted by atomic mass is 16.3. The molecule has 76 valence electrons. The van der Waals surface area contributed by atoms with Crippen LogP contribution in [0.15, 0.2) is 12.4 Å². The molecule has 4 nitrogen and oxygen atoms in total. The second kappa shape index (κ2) is 3.20. The first kappa shape index (κ1) is 9.40. The van der Waals surface area contributed by atoms with Crippen LogP contribution < -0.4 is 4.90 Å². The molecule has 1 aromatic rings. The summed E-state index contributed by atoms with van der Waals surface area (Å²) in [6, 6.07) is 1.98. The summed E-state index contributed by atoms with van der Waals surface area (Å²) in [4.78, 5) is 10.4. The minimum atomic E-state index is -0.544. The highest BCUT2D eigenvalue weighted by molar-refractivity contribution is 5.43. The Morgan fingerprint density at radius 3 is 2.79 bits per heavy atom. The molecule has 0 saturated carbocycles. The maximum Gasteiger partial charge on any atom is 0.132 e. The topological polar surface area (TPSA) is 49.2 Å². The van der Waals surface area contributed by atoms with E-state index in [1.54, 1.807) is 6.33 Å². The van der Waals surface area contributed by atoms with Gasteiger partial charge in [0.15, 0.2) is 0 Å². The SMILES string of the molecule is CCc1cc(N2CC(C)(O)C2)ncn1. The minimum absolute atomic E-state index is 0.544. The van der Waals surface area contributed by atoms with Gasteiger partial charge in [0.25, 0.3) is 0 Å². The molecule has 2 rings (SSSR count). The zero-order chi connectivity index (χ0) is 10.2. The number of rotatable bonds is 2. The largest absolute Gasteiger partial charge is 0.386 e. The van der Waals surface area contributed by atoms with Crippen molar-refractivity contribution in [3.63, 3.8) is 0 Å². The van der Waals surface area contributed by atoms with Gasteiger partial charge in [0.05, 0.1) is 5.60 Å². The van der Waals surface area contributed by atoms with Crippen molar-refractivity contribution in [1.29, 1.82) is 0 Å². The predicted molar refractivity (Wildman–Crippen MR) is 54.2 cm³/mol. The Kier molecular flexibility index (Phi) is 2.15. The van der Waals surface area contributed by atoms with Gasteiger partial charge in [-0.3, -0.25) is 0 Å². The summed E-state index contributed by atoms with van der Waals surface area (Å²) in [5.74, 6) is 0.920. The fourth-order valence-corrected chi connectivity index (χ4v) is 1.69. The van der Waals surface area contributed by atoms with E-state index in [0.717, 1.165) is 17.9 Å². The molecule has 1 aliphatic rings. The zero-order valence-corrected chi connectivity index (χ0v) is 8.56. The molecule has 0 radical (unpaired) electrons. The lowest BCUT2D eigenvalue weighted by Crippen LogP contribution is -2.60. The number of aliphatic hydroxyl groups is 1. The van der Waals surface area contributed by atoms with Gasteiger partial charge in [0.1, 0.15) is 12.1 Å². The summed E-state index contributed by atoms with van der Waals surface area (Å²) >= 11 is 0. The van der Waals surface area contributed by atoms with Crippen LogP contribution in [0.25, 0.3) is 0 Å². The molecule has 0 spiro atoms. The number of anilines is 1. The summed E-state index contributed by atoms with van der Waals surface area (Å²) in [6.07, 6.45) is 2.50. The van der Waals surface area contributed by atoms with Gasteiger partial charge in [-0.2, -0.15) is 0 Å². The third-order valence-electron chi connectivity index (χ3n) is 2.46. The van der Waals surface area contributed by atoms with Gasteiger partial charge in [0.2, 0.25) is 0 Å². The molecule has 0 unspecified atom stereocenters. The zero-order valence-electron chi connectivity index (χ0n) is 8.56. The van der Waals surface area contributed by atoms with Crippen LogP contribution in [-0.2, 0) is 6.42 Å². The van der Waals surface area contributed by atoms with Gasteiger partial charge in [-0.05, 0) is 13.3 Å². The quantitative estimate of drug-likeness (QED) is 0.747. The van der Waals surface area contributed by atoms with Crippen LogP contribution >= 0.6 is 0 Å². The van der Waals surface area contributed by atoms with E-state index >= 15 is 0 Å². The Hall–Kier alpha value is -1.16. The molecular formula is C10H15N3O. The van der Waals surface area contributed by atoms with Gasteiger partial charge in [-0.1, -0.05) is 6.92 Å². The van der Waals surface area contributed by atoms with Gasteiger partial charge in [-0.15, -0.1) is 0 Å². The average Bonchev–Trinajstić information content (AvgIpc) is 2.14. The lowest BCUT2D eigenvalue weighted by molar-refractivity contribution is 0.0305. The summed E-state index contributed by atoms with van der Waals surface area (Å²) in [6.45, 7) is 5.23. The smallest absolute Gasteiger partial charge is 0.132 e. The maximum atomic E-state index is 9.59. The van der Waals surface area contributed by atoms with Crippen molar-refractivity contribution >= 4 is 5.82 Å². The highest BCUT2D eigenvalue weighted by Gasteiger charge is 2.37. The van der Waals surface area contributed by atoms with E-state index in [1.807, 2.05) is 13.0 Å². The summed E-state index contributed by atoms with van der Waals surface area (Å²) in [5.41, 5.74) is 0.499. The molecule has 0 aliphatic carbocycles. The summed E-state index contributed by atoms with van der Waals surface area (Å²) < 4.78 is 0. The number of hydrogen-bond acceptors (Lipinski definition) is 4. The van der Waals surface area contributed by atoms with Crippen LogP contribution in [0.3, 0.4) is 0 Å². The Bertz CT molecular complexity index is 330. The van der Waals surface area contributed by atoms with Gasteiger partial charge in [0, 0.05) is 24.8 Å². The fourth-order valence-electron chi connectivity index (χ4n) is 1.69. The molecule has 1 saturated heterocycles. The summed E-state index contributed by atoms with van der Waals surface area (Å²) in [5, 5.41) is 9.59. The van der Waals surface area contributed by atoms with Crippen molar-refractivity contribution in [3.05, 3.63) is 18.1 Å². The van der Waals surface area contributed by atoms with Gasteiger partial charge >= 0.3 is 0 Å². The Labute approximate surface area is 83.6 Å². The number of hydrogen-bond donors (Lipinski definition) is 1. The molecule has 14 heavy (non-hydrogen) atoms. The van der Waals surface area contributed by atoms with E-state index in [4.69, 9.17) is 0 Å². The average molecular weight is 193 g/mol. The lowest BCUT2D eigenvalue weighted by atomic mass is 9.97. The monoisotopic (exact) mass is 193 g/mol. The second-order valence-electron chi connectivity index (χ2n) is 4.07. The number of aryl methyl sites for hydroxylation is 1. The molecule has 1 N–H and O–H groups in total. The lowest BCUT2D eigenvalue weighted by Gasteiger charge is -2.44. The van der Waals surface area contributed by atoms with Crippen molar-refractivity contribution in [1.82, 2.24) is 9.97 Å². The van der Waals surface area contributed by atoms with E-state index in [9.17, 15) is 5.11 Å². The molecule has 1 fully saturated rings. The molecule has 2 heterocycles. The van der Waals surface area contributed by atoms with Crippen molar-refractivity contribution in [2.24, 2.45) is 0 Å². The molecular weight excluding hydrogens is 178 g/mol. The molecule has 1 aliphatic heterocycles. The second-order valence-corrected chi connectivity index (χ2v) is 4.07. The number of aromatic nitrogens is 2. The van der Waals surface area contributed by atoms with Crippen LogP contribution in [0.4, 0.5) is 5.82 Å². The van der Waals surface area contributed by atoms with Gasteiger partial charge in [-0.25, -0.2) is 9.97 Å². The van der Waals surface area contributed by atoms with E-state index < -0.39 is 5.60 Å². The van der Waals surface area contributed by atoms with E-state index in [1.165, 1.54) is 0 Å². The highest BCUT2D eigenvalue weighted by Crippen LogP contribution is 2.25. The maximum absolute atomic E-state index is 9.59. The first-order valence-corrected chi connectivity index (χ1v) is 4.89. The molecule has 0 bridgehead atoms. The number of β-amino-alcohol motifs (C(OH)–C–C–N with tert-alkyl or cyclic N) is 1. The van der Waals surface area contributed by atoms with Crippen LogP contribution in [0.1, 0.15) is 19.5 Å². The first-order chi connectivity index (χ1) is 6.61. The van der Waals surface area contributed by atoms with Crippen molar-refractivity contribution in [2.45, 2.75) is 25.9 Å². The molecule has 4 heteroatoms. The van der Waals surface area contributed by atoms with Crippen LogP contribution in [0.5, 0.6) is 0 Å². The Balaban J connectivity index is 2.11. The number of nitrogens with zero attached hydrogens (tertiary/aromatic N) is 3. The normalized spacial score (nSPS) is 19.2. The van der Waals surface area contributed by atoms with Crippen molar-refractivity contribution in [3.8, 4) is 0 Å². The molecule has 0 aromatic carbocycles. The van der Waals surface area contributed by atoms with Crippen molar-refractivity contribution < 1.29 is 5.11 Å². The van der Waals surface area contributed by atoms with Crippen molar-refractivity contribution in [2.75, 3.05) is 18.0 Å². The Morgan fingerprint density at radius 1 is 1.50 bits per heavy atom. The molecule has 1 aromatic heterocycles. The van der Waals surface area contributed by atoms with Crippen LogP contribution in [0, 0.1) is 0 Å². The third kappa shape index (κ3) is 1.70. The standard InChI is InChI=1S/C10H15N3O/c1-3-8-4-9(12-7-11-8)13-5-10(2,14)6-13/h4,7,14H,3,5-6H2,1-2H3. The third-order valence-corrected chi connectivity index (χ3v) is 2.46. The first-order valence-electron chi connectivity index (χ1n) is 4.89. The Morgan fingerprint density at radius 2 is 2.21 bits per heavy atom. The van der Waals surface area contributed by atoms with Crippen LogP contribution in [0.2, 0.25) is 0 Å². The molecule has 0 amide bonds. The fraction of sp³-hybridized carbons (Fsp3) is 0.600. The van der Waals surface area contributed by atoms with Gasteiger partial charge < -0.3 is 10.0 Å². The van der Waals surface area contributed by atoms with E-state index in [-0.39, 0.29) is 0 Å².